The van der Waals surface area contributed by atoms with Gasteiger partial charge < -0.3 is 19.5 Å². The van der Waals surface area contributed by atoms with Crippen LogP contribution in [0.2, 0.25) is 0 Å². The molecule has 0 unspecified atom stereocenters. The molecule has 10 heteroatoms. The molecule has 2 atom stereocenters. The van der Waals surface area contributed by atoms with E-state index in [1.54, 1.807) is 24.4 Å². The molecular weight excluding hydrogens is 493 g/mol. The maximum Gasteiger partial charge on any atom is 0.271 e. The molecule has 2 aromatic carbocycles. The quantitative estimate of drug-likeness (QED) is 0.199. The van der Waals surface area contributed by atoms with E-state index in [0.29, 0.717) is 16.5 Å². The second-order valence-electron chi connectivity index (χ2n) is 8.75. The average Bonchev–Trinajstić information content (AvgIpc) is 3.39. The molecule has 1 N–H and O–H groups in total. The standard InChI is InChI=1S/C27H24FN5O3S/c1-16-14-21(17(2)31(16)23-15-20(33(34)35)11-12-24(23)36-3)26-25(22-6-4-5-13-29-22)30-27(37)32(26)19-9-7-18(28)8-10-19/h4-15,25-26H,1-3H3,(H,30,37)/t25-,26-/m1/s1. The summed E-state index contributed by atoms with van der Waals surface area (Å²) in [6, 6.07) is 17.9. The third kappa shape index (κ3) is 4.29. The smallest absolute Gasteiger partial charge is 0.271 e. The maximum atomic E-state index is 13.8. The molecule has 1 aliphatic heterocycles. The van der Waals surface area contributed by atoms with Gasteiger partial charge in [-0.3, -0.25) is 15.1 Å². The highest BCUT2D eigenvalue weighted by Crippen LogP contribution is 2.44. The van der Waals surface area contributed by atoms with Gasteiger partial charge in [-0.1, -0.05) is 6.07 Å². The Balaban J connectivity index is 1.70. The van der Waals surface area contributed by atoms with E-state index < -0.39 is 4.92 Å². The van der Waals surface area contributed by atoms with Crippen molar-refractivity contribution in [1.82, 2.24) is 14.9 Å². The second-order valence-corrected chi connectivity index (χ2v) is 9.13. The van der Waals surface area contributed by atoms with E-state index in [0.717, 1.165) is 28.3 Å². The second kappa shape index (κ2) is 9.62. The Kier molecular flexibility index (Phi) is 6.34. The molecule has 1 saturated heterocycles. The summed E-state index contributed by atoms with van der Waals surface area (Å²) in [6.07, 6.45) is 1.73. The number of nitrogens with one attached hydrogen (secondary N) is 1. The zero-order valence-corrected chi connectivity index (χ0v) is 21.2. The summed E-state index contributed by atoms with van der Waals surface area (Å²) in [6.45, 7) is 3.90. The first-order chi connectivity index (χ1) is 17.8. The topological polar surface area (TPSA) is 85.5 Å². The number of hydrogen-bond donors (Lipinski definition) is 1. The van der Waals surface area contributed by atoms with Gasteiger partial charge in [0, 0.05) is 35.4 Å². The molecule has 0 bridgehead atoms. The molecule has 0 aliphatic carbocycles. The summed E-state index contributed by atoms with van der Waals surface area (Å²) >= 11 is 5.76. The predicted molar refractivity (Wildman–Crippen MR) is 143 cm³/mol. The van der Waals surface area contributed by atoms with E-state index in [2.05, 4.69) is 10.3 Å². The molecule has 8 nitrogen and oxygen atoms in total. The van der Waals surface area contributed by atoms with Crippen LogP contribution in [0.5, 0.6) is 5.75 Å². The van der Waals surface area contributed by atoms with Crippen molar-refractivity contribution < 1.29 is 14.1 Å². The summed E-state index contributed by atoms with van der Waals surface area (Å²) in [4.78, 5) is 17.6. The van der Waals surface area contributed by atoms with Crippen LogP contribution in [0.4, 0.5) is 15.8 Å². The molecule has 3 heterocycles. The molecule has 2 aromatic heterocycles. The number of ether oxygens (including phenoxy) is 1. The molecule has 37 heavy (non-hydrogen) atoms. The zero-order valence-electron chi connectivity index (χ0n) is 20.4. The Morgan fingerprint density at radius 3 is 2.51 bits per heavy atom. The van der Waals surface area contributed by atoms with Gasteiger partial charge in [0.05, 0.1) is 35.5 Å². The Labute approximate surface area is 218 Å². The lowest BCUT2D eigenvalue weighted by atomic mass is 9.96. The molecule has 1 fully saturated rings. The van der Waals surface area contributed by atoms with E-state index in [1.807, 2.05) is 47.6 Å². The first-order valence-corrected chi connectivity index (χ1v) is 12.0. The minimum Gasteiger partial charge on any atom is -0.495 e. The number of nitrogens with zero attached hydrogens (tertiary/aromatic N) is 4. The summed E-state index contributed by atoms with van der Waals surface area (Å²) in [5.41, 5.74) is 4.74. The highest BCUT2D eigenvalue weighted by molar-refractivity contribution is 7.80. The van der Waals surface area contributed by atoms with Crippen LogP contribution in [0.3, 0.4) is 0 Å². The van der Waals surface area contributed by atoms with Crippen molar-refractivity contribution in [2.75, 3.05) is 12.0 Å². The molecule has 5 rings (SSSR count). The molecule has 4 aromatic rings. The van der Waals surface area contributed by atoms with Gasteiger partial charge in [0.1, 0.15) is 11.6 Å². The maximum absolute atomic E-state index is 13.8. The molecule has 1 aliphatic rings. The van der Waals surface area contributed by atoms with E-state index in [-0.39, 0.29) is 23.6 Å². The largest absolute Gasteiger partial charge is 0.495 e. The summed E-state index contributed by atoms with van der Waals surface area (Å²) < 4.78 is 21.3. The van der Waals surface area contributed by atoms with Gasteiger partial charge in [-0.25, -0.2) is 4.39 Å². The number of benzene rings is 2. The predicted octanol–water partition coefficient (Wildman–Crippen LogP) is 5.72. The molecule has 0 saturated carbocycles. The minimum atomic E-state index is -0.426. The lowest BCUT2D eigenvalue weighted by Gasteiger charge is -2.28. The summed E-state index contributed by atoms with van der Waals surface area (Å²) in [7, 11) is 1.53. The number of aromatic nitrogens is 2. The van der Waals surface area contributed by atoms with Gasteiger partial charge in [0.15, 0.2) is 5.11 Å². The van der Waals surface area contributed by atoms with Gasteiger partial charge in [0.2, 0.25) is 0 Å². The summed E-state index contributed by atoms with van der Waals surface area (Å²) in [5, 5.41) is 15.4. The van der Waals surface area contributed by atoms with Crippen LogP contribution >= 0.6 is 12.2 Å². The van der Waals surface area contributed by atoms with Crippen LogP contribution in [0, 0.1) is 29.8 Å². The monoisotopic (exact) mass is 517 g/mol. The first-order valence-electron chi connectivity index (χ1n) is 11.6. The molecule has 188 valence electrons. The van der Waals surface area contributed by atoms with Gasteiger partial charge in [-0.15, -0.1) is 0 Å². The van der Waals surface area contributed by atoms with Crippen molar-refractivity contribution in [2.45, 2.75) is 25.9 Å². The normalized spacial score (nSPS) is 17.1. The number of pyridine rings is 1. The SMILES string of the molecule is COc1ccc([N+](=O)[O-])cc1-n1c(C)cc([C@@H]2[C@@H](c3ccccn3)NC(=S)N2c2ccc(F)cc2)c1C. The third-order valence-corrected chi connectivity index (χ3v) is 6.92. The fourth-order valence-electron chi connectivity index (χ4n) is 4.98. The van der Waals surface area contributed by atoms with E-state index in [4.69, 9.17) is 17.0 Å². The van der Waals surface area contributed by atoms with Crippen molar-refractivity contribution in [3.63, 3.8) is 0 Å². The van der Waals surface area contributed by atoms with E-state index in [1.165, 1.54) is 31.4 Å². The third-order valence-electron chi connectivity index (χ3n) is 6.61. The Hall–Kier alpha value is -4.31. The zero-order chi connectivity index (χ0) is 26.3. The van der Waals surface area contributed by atoms with Crippen molar-refractivity contribution in [1.29, 1.82) is 0 Å². The number of rotatable bonds is 6. The number of thiocarbonyl (C=S) groups is 1. The number of nitro groups is 1. The van der Waals surface area contributed by atoms with Crippen molar-refractivity contribution in [2.24, 2.45) is 0 Å². The Morgan fingerprint density at radius 1 is 1.11 bits per heavy atom. The number of hydrogen-bond acceptors (Lipinski definition) is 5. The number of non-ortho nitro benzene ring substituents is 1. The summed E-state index contributed by atoms with van der Waals surface area (Å²) in [5.74, 6) is 0.172. The van der Waals surface area contributed by atoms with Crippen LogP contribution in [-0.2, 0) is 0 Å². The van der Waals surface area contributed by atoms with Gasteiger partial charge >= 0.3 is 0 Å². The average molecular weight is 518 g/mol. The van der Waals surface area contributed by atoms with Gasteiger partial charge in [-0.05, 0) is 80.2 Å². The first kappa shape index (κ1) is 24.4. The lowest BCUT2D eigenvalue weighted by Crippen LogP contribution is -2.29. The van der Waals surface area contributed by atoms with Crippen molar-refractivity contribution in [3.8, 4) is 11.4 Å². The molecule has 0 amide bonds. The molecule has 0 radical (unpaired) electrons. The lowest BCUT2D eigenvalue weighted by molar-refractivity contribution is -0.384. The highest BCUT2D eigenvalue weighted by Gasteiger charge is 2.42. The van der Waals surface area contributed by atoms with E-state index >= 15 is 0 Å². The van der Waals surface area contributed by atoms with Crippen molar-refractivity contribution in [3.05, 3.63) is 112 Å². The van der Waals surface area contributed by atoms with E-state index in [9.17, 15) is 14.5 Å². The van der Waals surface area contributed by atoms with Gasteiger partial charge in [-0.2, -0.15) is 0 Å². The number of aryl methyl sites for hydroxylation is 1. The van der Waals surface area contributed by atoms with Crippen LogP contribution in [0.15, 0.2) is 72.9 Å². The Morgan fingerprint density at radius 2 is 1.86 bits per heavy atom. The fourth-order valence-corrected chi connectivity index (χ4v) is 5.32. The van der Waals surface area contributed by atoms with Crippen molar-refractivity contribution >= 4 is 28.7 Å². The number of nitro benzene ring substituents is 1. The van der Waals surface area contributed by atoms with Crippen LogP contribution in [-0.4, -0.2) is 26.7 Å². The number of anilines is 1. The molecule has 0 spiro atoms. The minimum absolute atomic E-state index is 0.0344. The van der Waals surface area contributed by atoms with Crippen LogP contribution in [0.1, 0.15) is 34.7 Å². The van der Waals surface area contributed by atoms with Crippen LogP contribution in [0.25, 0.3) is 5.69 Å². The van der Waals surface area contributed by atoms with Gasteiger partial charge in [0.25, 0.3) is 5.69 Å². The number of methoxy groups -OCH3 is 1. The molecular formula is C27H24FN5O3S. The Bertz CT molecular complexity index is 1490. The highest BCUT2D eigenvalue weighted by atomic mass is 32.1. The van der Waals surface area contributed by atoms with Crippen LogP contribution < -0.4 is 15.0 Å². The fraction of sp³-hybridized carbons (Fsp3) is 0.185. The number of halogens is 1.